The van der Waals surface area contributed by atoms with Gasteiger partial charge in [-0.05, 0) is 49.8 Å². The van der Waals surface area contributed by atoms with Gasteiger partial charge >= 0.3 is 0 Å². The highest BCUT2D eigenvalue weighted by molar-refractivity contribution is 9.10. The molecule has 1 aliphatic carbocycles. The van der Waals surface area contributed by atoms with Crippen molar-refractivity contribution in [3.63, 3.8) is 0 Å². The van der Waals surface area contributed by atoms with E-state index in [1.165, 1.54) is 38.5 Å². The number of halogens is 1. The van der Waals surface area contributed by atoms with Crippen LogP contribution in [0.2, 0.25) is 0 Å². The molecule has 110 valence electrons. The van der Waals surface area contributed by atoms with Crippen molar-refractivity contribution < 1.29 is 4.74 Å². The SMILES string of the molecule is CCCC1CCC2(CC1)C[C@H](N)c1cc(Br)ccc1O2. The summed E-state index contributed by atoms with van der Waals surface area (Å²) in [5, 5.41) is 0. The van der Waals surface area contributed by atoms with Crippen molar-refractivity contribution in [2.45, 2.75) is 63.5 Å². The first-order valence-electron chi connectivity index (χ1n) is 7.86. The summed E-state index contributed by atoms with van der Waals surface area (Å²) in [7, 11) is 0. The average molecular weight is 338 g/mol. The van der Waals surface area contributed by atoms with Gasteiger partial charge in [-0.2, -0.15) is 0 Å². The van der Waals surface area contributed by atoms with E-state index in [2.05, 4.69) is 35.0 Å². The van der Waals surface area contributed by atoms with Gasteiger partial charge in [-0.15, -0.1) is 0 Å². The lowest BCUT2D eigenvalue weighted by molar-refractivity contribution is -0.0116. The van der Waals surface area contributed by atoms with Gasteiger partial charge < -0.3 is 10.5 Å². The van der Waals surface area contributed by atoms with E-state index in [1.807, 2.05) is 6.07 Å². The number of hydrogen-bond donors (Lipinski definition) is 1. The molecule has 0 amide bonds. The maximum Gasteiger partial charge on any atom is 0.124 e. The third-order valence-corrected chi connectivity index (χ3v) is 5.50. The smallest absolute Gasteiger partial charge is 0.124 e. The minimum atomic E-state index is 0.00445. The minimum Gasteiger partial charge on any atom is -0.487 e. The van der Waals surface area contributed by atoms with Crippen molar-refractivity contribution in [2.75, 3.05) is 0 Å². The highest BCUT2D eigenvalue weighted by Crippen LogP contribution is 2.47. The molecule has 2 nitrogen and oxygen atoms in total. The molecule has 1 aliphatic heterocycles. The number of nitrogens with two attached hydrogens (primary N) is 1. The van der Waals surface area contributed by atoms with Gasteiger partial charge in [0.1, 0.15) is 11.4 Å². The fourth-order valence-corrected chi connectivity index (χ4v) is 4.27. The molecule has 1 saturated carbocycles. The molecular weight excluding hydrogens is 314 g/mol. The summed E-state index contributed by atoms with van der Waals surface area (Å²) < 4.78 is 7.49. The molecule has 1 aromatic rings. The van der Waals surface area contributed by atoms with Crippen LogP contribution >= 0.6 is 15.9 Å². The van der Waals surface area contributed by atoms with Crippen LogP contribution in [-0.2, 0) is 0 Å². The summed E-state index contributed by atoms with van der Waals surface area (Å²) in [6, 6.07) is 6.33. The highest BCUT2D eigenvalue weighted by Gasteiger charge is 2.42. The van der Waals surface area contributed by atoms with Crippen LogP contribution in [0, 0.1) is 5.92 Å². The lowest BCUT2D eigenvalue weighted by Gasteiger charge is -2.45. The lowest BCUT2D eigenvalue weighted by Crippen LogP contribution is -2.45. The van der Waals surface area contributed by atoms with Gasteiger partial charge in [0.25, 0.3) is 0 Å². The standard InChI is InChI=1S/C17H24BrNO/c1-2-3-12-6-8-17(9-7-12)11-15(19)14-10-13(18)4-5-16(14)20-17/h4-5,10,12,15H,2-3,6-9,11,19H2,1H3/t12?,15-,17?/m0/s1. The molecule has 0 aromatic heterocycles. The first kappa shape index (κ1) is 14.4. The predicted molar refractivity (Wildman–Crippen MR) is 85.9 cm³/mol. The zero-order valence-electron chi connectivity index (χ0n) is 12.2. The van der Waals surface area contributed by atoms with Crippen LogP contribution in [0.25, 0.3) is 0 Å². The summed E-state index contributed by atoms with van der Waals surface area (Å²) in [5.41, 5.74) is 7.57. The van der Waals surface area contributed by atoms with Gasteiger partial charge in [-0.1, -0.05) is 35.7 Å². The van der Waals surface area contributed by atoms with Crippen molar-refractivity contribution >= 4 is 15.9 Å². The molecular formula is C17H24BrNO. The summed E-state index contributed by atoms with van der Waals surface area (Å²) in [6.45, 7) is 2.28. The summed E-state index contributed by atoms with van der Waals surface area (Å²) in [5.74, 6) is 1.90. The lowest BCUT2D eigenvalue weighted by atomic mass is 9.72. The Hall–Kier alpha value is -0.540. The molecule has 3 rings (SSSR count). The van der Waals surface area contributed by atoms with Crippen LogP contribution < -0.4 is 10.5 Å². The average Bonchev–Trinajstić information content (AvgIpc) is 2.43. The van der Waals surface area contributed by atoms with Gasteiger partial charge in [0.05, 0.1) is 0 Å². The van der Waals surface area contributed by atoms with E-state index in [0.29, 0.717) is 0 Å². The first-order valence-corrected chi connectivity index (χ1v) is 8.65. The van der Waals surface area contributed by atoms with Gasteiger partial charge in [0, 0.05) is 22.5 Å². The molecule has 0 radical (unpaired) electrons. The van der Waals surface area contributed by atoms with E-state index in [-0.39, 0.29) is 11.6 Å². The Morgan fingerprint density at radius 1 is 1.35 bits per heavy atom. The van der Waals surface area contributed by atoms with Crippen molar-refractivity contribution in [2.24, 2.45) is 11.7 Å². The zero-order valence-corrected chi connectivity index (χ0v) is 13.8. The Kier molecular flexibility index (Phi) is 4.09. The third-order valence-electron chi connectivity index (χ3n) is 5.00. The number of fused-ring (bicyclic) bond motifs is 1. The molecule has 2 N–H and O–H groups in total. The van der Waals surface area contributed by atoms with Gasteiger partial charge in [0.2, 0.25) is 0 Å². The van der Waals surface area contributed by atoms with E-state index in [0.717, 1.165) is 28.1 Å². The predicted octanol–water partition coefficient (Wildman–Crippen LogP) is 4.96. The van der Waals surface area contributed by atoms with Crippen molar-refractivity contribution in [3.8, 4) is 5.75 Å². The summed E-state index contributed by atoms with van der Waals surface area (Å²) >= 11 is 3.52. The third kappa shape index (κ3) is 2.75. The Morgan fingerprint density at radius 3 is 2.80 bits per heavy atom. The quantitative estimate of drug-likeness (QED) is 0.827. The van der Waals surface area contributed by atoms with Crippen LogP contribution in [-0.4, -0.2) is 5.60 Å². The molecule has 3 heteroatoms. The number of hydrogen-bond acceptors (Lipinski definition) is 2. The monoisotopic (exact) mass is 337 g/mol. The Bertz CT molecular complexity index is 480. The topological polar surface area (TPSA) is 35.2 Å². The number of benzene rings is 1. The second kappa shape index (κ2) is 5.69. The van der Waals surface area contributed by atoms with Gasteiger partial charge in [-0.3, -0.25) is 0 Å². The molecule has 20 heavy (non-hydrogen) atoms. The van der Waals surface area contributed by atoms with Crippen LogP contribution in [0.4, 0.5) is 0 Å². The van der Waals surface area contributed by atoms with E-state index in [4.69, 9.17) is 10.5 Å². The molecule has 1 atom stereocenters. The molecule has 1 aromatic carbocycles. The zero-order chi connectivity index (χ0) is 14.2. The molecule has 1 fully saturated rings. The molecule has 0 saturated heterocycles. The second-order valence-electron chi connectivity index (χ2n) is 6.51. The highest BCUT2D eigenvalue weighted by atomic mass is 79.9. The van der Waals surface area contributed by atoms with E-state index in [1.54, 1.807) is 0 Å². The Balaban J connectivity index is 1.76. The van der Waals surface area contributed by atoms with E-state index < -0.39 is 0 Å². The molecule has 0 bridgehead atoms. The fraction of sp³-hybridized carbons (Fsp3) is 0.647. The first-order chi connectivity index (χ1) is 9.62. The Morgan fingerprint density at radius 2 is 2.10 bits per heavy atom. The Labute approximate surface area is 130 Å². The van der Waals surface area contributed by atoms with E-state index >= 15 is 0 Å². The van der Waals surface area contributed by atoms with E-state index in [9.17, 15) is 0 Å². The normalized spacial score (nSPS) is 32.8. The molecule has 1 spiro atoms. The summed E-state index contributed by atoms with van der Waals surface area (Å²) in [4.78, 5) is 0. The number of ether oxygens (including phenoxy) is 1. The van der Waals surface area contributed by atoms with Gasteiger partial charge in [0.15, 0.2) is 0 Å². The van der Waals surface area contributed by atoms with Crippen LogP contribution in [0.15, 0.2) is 22.7 Å². The van der Waals surface area contributed by atoms with Crippen molar-refractivity contribution in [1.82, 2.24) is 0 Å². The summed E-state index contributed by atoms with van der Waals surface area (Å²) in [6.07, 6.45) is 8.57. The van der Waals surface area contributed by atoms with Crippen molar-refractivity contribution in [1.29, 1.82) is 0 Å². The van der Waals surface area contributed by atoms with Crippen LogP contribution in [0.1, 0.15) is 63.5 Å². The number of rotatable bonds is 2. The maximum atomic E-state index is 6.41. The minimum absolute atomic E-state index is 0.00445. The van der Waals surface area contributed by atoms with Gasteiger partial charge in [-0.25, -0.2) is 0 Å². The molecule has 0 unspecified atom stereocenters. The maximum absolute atomic E-state index is 6.41. The second-order valence-corrected chi connectivity index (χ2v) is 7.43. The largest absolute Gasteiger partial charge is 0.487 e. The fourth-order valence-electron chi connectivity index (χ4n) is 3.89. The van der Waals surface area contributed by atoms with Crippen LogP contribution in [0.5, 0.6) is 5.75 Å². The van der Waals surface area contributed by atoms with Crippen molar-refractivity contribution in [3.05, 3.63) is 28.2 Å². The van der Waals surface area contributed by atoms with Crippen LogP contribution in [0.3, 0.4) is 0 Å². The molecule has 2 aliphatic rings. The molecule has 1 heterocycles.